The maximum atomic E-state index is 13.1. The zero-order valence-electron chi connectivity index (χ0n) is 16.8. The Hall–Kier alpha value is -2.83. The molecular weight excluding hydrogens is 400 g/mol. The lowest BCUT2D eigenvalue weighted by Gasteiger charge is -2.36. The molecule has 2 heterocycles. The van der Waals surface area contributed by atoms with Gasteiger partial charge in [-0.1, -0.05) is 42.5 Å². The minimum absolute atomic E-state index is 0. The number of rotatable bonds is 7. The van der Waals surface area contributed by atoms with Gasteiger partial charge in [-0.2, -0.15) is 5.10 Å². The molecule has 1 saturated heterocycles. The summed E-state index contributed by atoms with van der Waals surface area (Å²) in [5.74, 6) is 0.836. The first-order valence-corrected chi connectivity index (χ1v) is 10.0. The van der Waals surface area contributed by atoms with Gasteiger partial charge < -0.3 is 15.4 Å². The van der Waals surface area contributed by atoms with Crippen molar-refractivity contribution < 1.29 is 9.53 Å². The Balaban J connectivity index is 0.00000256. The number of carbonyl (C=O) groups excluding carboxylic acids is 1. The van der Waals surface area contributed by atoms with E-state index in [1.54, 1.807) is 6.20 Å². The van der Waals surface area contributed by atoms with E-state index in [9.17, 15) is 4.79 Å². The Bertz CT molecular complexity index is 908. The van der Waals surface area contributed by atoms with Crippen molar-refractivity contribution in [3.63, 3.8) is 0 Å². The first kappa shape index (κ1) is 21.9. The van der Waals surface area contributed by atoms with E-state index in [-0.39, 0.29) is 18.3 Å². The largest absolute Gasteiger partial charge is 0.489 e. The molecule has 2 aromatic carbocycles. The van der Waals surface area contributed by atoms with Gasteiger partial charge in [0, 0.05) is 18.9 Å². The summed E-state index contributed by atoms with van der Waals surface area (Å²) in [6, 6.07) is 19.8. The molecule has 0 atom stereocenters. The van der Waals surface area contributed by atoms with Gasteiger partial charge in [0.2, 0.25) is 5.91 Å². The molecule has 1 aliphatic heterocycles. The fourth-order valence-corrected chi connectivity index (χ4v) is 3.71. The van der Waals surface area contributed by atoms with Crippen molar-refractivity contribution in [3.8, 4) is 5.75 Å². The number of benzene rings is 2. The molecule has 3 aromatic rings. The highest BCUT2D eigenvalue weighted by atomic mass is 35.5. The number of piperidine rings is 1. The van der Waals surface area contributed by atoms with Crippen LogP contribution in [0, 0.1) is 0 Å². The second-order valence-electron chi connectivity index (χ2n) is 7.33. The highest BCUT2D eigenvalue weighted by Gasteiger charge is 2.41. The summed E-state index contributed by atoms with van der Waals surface area (Å²) in [4.78, 5) is 13.1. The fourth-order valence-electron chi connectivity index (χ4n) is 3.71. The van der Waals surface area contributed by atoms with Crippen molar-refractivity contribution in [2.75, 3.05) is 13.1 Å². The zero-order chi connectivity index (χ0) is 19.9. The van der Waals surface area contributed by atoms with E-state index in [0.717, 1.165) is 42.8 Å². The number of hydrogen-bond donors (Lipinski definition) is 2. The predicted octanol–water partition coefficient (Wildman–Crippen LogP) is 3.28. The molecule has 6 nitrogen and oxygen atoms in total. The van der Waals surface area contributed by atoms with Gasteiger partial charge >= 0.3 is 0 Å². The van der Waals surface area contributed by atoms with Crippen LogP contribution in [0.15, 0.2) is 73.1 Å². The van der Waals surface area contributed by atoms with Crippen molar-refractivity contribution in [2.45, 2.75) is 31.5 Å². The van der Waals surface area contributed by atoms with Crippen molar-refractivity contribution in [2.24, 2.45) is 0 Å². The zero-order valence-corrected chi connectivity index (χ0v) is 17.6. The molecule has 1 aromatic heterocycles. The molecule has 158 valence electrons. The average Bonchev–Trinajstić information content (AvgIpc) is 3.33. The van der Waals surface area contributed by atoms with E-state index >= 15 is 0 Å². The molecule has 0 bridgehead atoms. The van der Waals surface area contributed by atoms with Crippen LogP contribution in [0.25, 0.3) is 0 Å². The van der Waals surface area contributed by atoms with Gasteiger partial charge in [0.1, 0.15) is 17.9 Å². The summed E-state index contributed by atoms with van der Waals surface area (Å²) in [5.41, 5.74) is 1.55. The Kier molecular flexibility index (Phi) is 7.49. The molecule has 30 heavy (non-hydrogen) atoms. The normalized spacial score (nSPS) is 15.1. The predicted molar refractivity (Wildman–Crippen MR) is 119 cm³/mol. The van der Waals surface area contributed by atoms with Gasteiger partial charge in [-0.25, -0.2) is 0 Å². The van der Waals surface area contributed by atoms with Crippen LogP contribution in [-0.4, -0.2) is 28.8 Å². The van der Waals surface area contributed by atoms with Crippen molar-refractivity contribution in [3.05, 3.63) is 84.2 Å². The van der Waals surface area contributed by atoms with Crippen LogP contribution in [0.2, 0.25) is 0 Å². The van der Waals surface area contributed by atoms with Crippen LogP contribution in [0.1, 0.15) is 24.0 Å². The Labute approximate surface area is 183 Å². The molecule has 0 saturated carbocycles. The standard InChI is InChI=1S/C23H26N4O2.ClH/c28-22(23(11-14-24-15-12-23)27-16-4-13-26-27)25-17-19-7-9-21(10-8-19)29-18-20-5-2-1-3-6-20;/h1-10,13,16,24H,11-12,14-15,17-18H2,(H,25,28);1H. The third-order valence-corrected chi connectivity index (χ3v) is 5.42. The lowest BCUT2D eigenvalue weighted by atomic mass is 9.87. The molecule has 1 fully saturated rings. The highest BCUT2D eigenvalue weighted by molar-refractivity contribution is 5.85. The van der Waals surface area contributed by atoms with Gasteiger partial charge in [-0.15, -0.1) is 12.4 Å². The third kappa shape index (κ3) is 5.01. The summed E-state index contributed by atoms with van der Waals surface area (Å²) in [6.07, 6.45) is 5.06. The molecule has 0 unspecified atom stereocenters. The number of hydrogen-bond acceptors (Lipinski definition) is 4. The first-order chi connectivity index (χ1) is 14.3. The topological polar surface area (TPSA) is 68.2 Å². The number of amides is 1. The third-order valence-electron chi connectivity index (χ3n) is 5.42. The van der Waals surface area contributed by atoms with E-state index in [1.807, 2.05) is 71.5 Å². The first-order valence-electron chi connectivity index (χ1n) is 10.0. The number of carbonyl (C=O) groups is 1. The molecule has 0 radical (unpaired) electrons. The molecule has 7 heteroatoms. The summed E-state index contributed by atoms with van der Waals surface area (Å²) in [7, 11) is 0. The number of halogens is 1. The van der Waals surface area contributed by atoms with Crippen LogP contribution in [-0.2, 0) is 23.5 Å². The Morgan fingerprint density at radius 2 is 1.77 bits per heavy atom. The van der Waals surface area contributed by atoms with Crippen LogP contribution in [0.5, 0.6) is 5.75 Å². The monoisotopic (exact) mass is 426 g/mol. The average molecular weight is 427 g/mol. The van der Waals surface area contributed by atoms with Gasteiger partial charge in [0.05, 0.1) is 0 Å². The van der Waals surface area contributed by atoms with E-state index in [2.05, 4.69) is 15.7 Å². The van der Waals surface area contributed by atoms with E-state index in [4.69, 9.17) is 4.74 Å². The summed E-state index contributed by atoms with van der Waals surface area (Å²) in [6.45, 7) is 2.63. The minimum atomic E-state index is -0.618. The van der Waals surface area contributed by atoms with Gasteiger partial charge in [-0.3, -0.25) is 9.48 Å². The lowest BCUT2D eigenvalue weighted by Crippen LogP contribution is -2.54. The van der Waals surface area contributed by atoms with Crippen LogP contribution in [0.4, 0.5) is 0 Å². The van der Waals surface area contributed by atoms with Crippen LogP contribution in [0.3, 0.4) is 0 Å². The number of ether oxygens (including phenoxy) is 1. The molecular formula is C23H27ClN4O2. The van der Waals surface area contributed by atoms with Crippen molar-refractivity contribution in [1.82, 2.24) is 20.4 Å². The summed E-state index contributed by atoms with van der Waals surface area (Å²) >= 11 is 0. The maximum Gasteiger partial charge on any atom is 0.248 e. The molecule has 1 aliphatic rings. The van der Waals surface area contributed by atoms with Gasteiger partial charge in [0.15, 0.2) is 0 Å². The number of aromatic nitrogens is 2. The molecule has 0 aliphatic carbocycles. The molecule has 4 rings (SSSR count). The lowest BCUT2D eigenvalue weighted by molar-refractivity contribution is -0.132. The highest BCUT2D eigenvalue weighted by Crippen LogP contribution is 2.27. The van der Waals surface area contributed by atoms with Crippen LogP contribution < -0.4 is 15.4 Å². The summed E-state index contributed by atoms with van der Waals surface area (Å²) in [5, 5.41) is 10.8. The quantitative estimate of drug-likeness (QED) is 0.608. The second-order valence-corrected chi connectivity index (χ2v) is 7.33. The van der Waals surface area contributed by atoms with Crippen LogP contribution >= 0.6 is 12.4 Å². The van der Waals surface area contributed by atoms with Gasteiger partial charge in [-0.05, 0) is 55.3 Å². The maximum absolute atomic E-state index is 13.1. The number of nitrogens with zero attached hydrogens (tertiary/aromatic N) is 2. The van der Waals surface area contributed by atoms with Gasteiger partial charge in [0.25, 0.3) is 0 Å². The van der Waals surface area contributed by atoms with E-state index in [0.29, 0.717) is 13.2 Å². The van der Waals surface area contributed by atoms with E-state index < -0.39 is 5.54 Å². The molecule has 0 spiro atoms. The smallest absolute Gasteiger partial charge is 0.248 e. The fraction of sp³-hybridized carbons (Fsp3) is 0.304. The van der Waals surface area contributed by atoms with Crippen molar-refractivity contribution >= 4 is 18.3 Å². The molecule has 1 amide bonds. The van der Waals surface area contributed by atoms with E-state index in [1.165, 1.54) is 0 Å². The minimum Gasteiger partial charge on any atom is -0.489 e. The Morgan fingerprint density at radius 3 is 2.43 bits per heavy atom. The Morgan fingerprint density at radius 1 is 1.03 bits per heavy atom. The van der Waals surface area contributed by atoms with Crippen molar-refractivity contribution in [1.29, 1.82) is 0 Å². The molecule has 2 N–H and O–H groups in total. The number of nitrogens with one attached hydrogen (secondary N) is 2. The second kappa shape index (κ2) is 10.3. The SMILES string of the molecule is Cl.O=C(NCc1ccc(OCc2ccccc2)cc1)C1(n2cccn2)CCNCC1. The summed E-state index contributed by atoms with van der Waals surface area (Å²) < 4.78 is 7.64.